The number of aromatic hydroxyl groups is 1. The molecule has 0 unspecified atom stereocenters. The van der Waals surface area contributed by atoms with E-state index in [1.54, 1.807) is 0 Å². The molecule has 1 heterocycles. The van der Waals surface area contributed by atoms with Crippen LogP contribution >= 0.6 is 0 Å². The van der Waals surface area contributed by atoms with Crippen LogP contribution in [0.1, 0.15) is 5.76 Å². The lowest BCUT2D eigenvalue weighted by Crippen LogP contribution is -1.80. The van der Waals surface area contributed by atoms with Gasteiger partial charge in [0, 0.05) is 0 Å². The van der Waals surface area contributed by atoms with Crippen molar-refractivity contribution < 1.29 is 23.8 Å². The van der Waals surface area contributed by atoms with Crippen molar-refractivity contribution in [3.8, 4) is 11.7 Å². The standard InChI is InChI=1S/C6H7FO4/c1-10-6-4(7)5(9)3(2-8)11-6/h8-9H,2H2,1H3. The van der Waals surface area contributed by atoms with Crippen LogP contribution in [0.2, 0.25) is 0 Å². The molecule has 4 nitrogen and oxygen atoms in total. The van der Waals surface area contributed by atoms with Gasteiger partial charge in [0.1, 0.15) is 6.61 Å². The summed E-state index contributed by atoms with van der Waals surface area (Å²) in [6.45, 7) is -0.563. The van der Waals surface area contributed by atoms with Crippen molar-refractivity contribution in [2.75, 3.05) is 7.11 Å². The largest absolute Gasteiger partial charge is 0.502 e. The molecule has 1 rings (SSSR count). The van der Waals surface area contributed by atoms with Crippen LogP contribution in [0.4, 0.5) is 4.39 Å². The van der Waals surface area contributed by atoms with Crippen molar-refractivity contribution in [2.45, 2.75) is 6.61 Å². The number of ether oxygens (including phenoxy) is 1. The van der Waals surface area contributed by atoms with Crippen LogP contribution in [0, 0.1) is 5.82 Å². The summed E-state index contributed by atoms with van der Waals surface area (Å²) in [5.74, 6) is -2.35. The quantitative estimate of drug-likeness (QED) is 0.669. The van der Waals surface area contributed by atoms with Gasteiger partial charge in [0.2, 0.25) is 11.6 Å². The first-order valence-electron chi connectivity index (χ1n) is 2.85. The molecule has 0 saturated carbocycles. The molecule has 0 spiro atoms. The minimum Gasteiger partial charge on any atom is -0.502 e. The third-order valence-electron chi connectivity index (χ3n) is 1.20. The summed E-state index contributed by atoms with van der Waals surface area (Å²) in [5.41, 5.74) is 0. The highest BCUT2D eigenvalue weighted by atomic mass is 19.1. The molecular formula is C6H7FO4. The Morgan fingerprint density at radius 2 is 2.27 bits per heavy atom. The number of furan rings is 1. The zero-order chi connectivity index (χ0) is 8.43. The fourth-order valence-corrected chi connectivity index (χ4v) is 0.663. The number of rotatable bonds is 2. The molecule has 0 saturated heterocycles. The van der Waals surface area contributed by atoms with Gasteiger partial charge in [-0.3, -0.25) is 0 Å². The number of hydrogen-bond donors (Lipinski definition) is 2. The van der Waals surface area contributed by atoms with E-state index in [-0.39, 0.29) is 5.76 Å². The first-order valence-corrected chi connectivity index (χ1v) is 2.85. The summed E-state index contributed by atoms with van der Waals surface area (Å²) < 4.78 is 21.6. The smallest absolute Gasteiger partial charge is 0.326 e. The average molecular weight is 162 g/mol. The van der Waals surface area contributed by atoms with Crippen LogP contribution in [0.5, 0.6) is 11.7 Å². The number of aliphatic hydroxyl groups is 1. The van der Waals surface area contributed by atoms with Gasteiger partial charge >= 0.3 is 5.95 Å². The van der Waals surface area contributed by atoms with Gasteiger partial charge in [-0.2, -0.15) is 4.39 Å². The lowest BCUT2D eigenvalue weighted by molar-refractivity contribution is 0.217. The Balaban J connectivity index is 3.12. The van der Waals surface area contributed by atoms with Crippen molar-refractivity contribution in [1.29, 1.82) is 0 Å². The zero-order valence-electron chi connectivity index (χ0n) is 5.80. The van der Waals surface area contributed by atoms with Crippen molar-refractivity contribution in [2.24, 2.45) is 0 Å². The van der Waals surface area contributed by atoms with Gasteiger partial charge in [-0.05, 0) is 0 Å². The van der Waals surface area contributed by atoms with Crippen molar-refractivity contribution in [1.82, 2.24) is 0 Å². The van der Waals surface area contributed by atoms with Crippen LogP contribution in [-0.2, 0) is 6.61 Å². The lowest BCUT2D eigenvalue weighted by Gasteiger charge is -1.89. The van der Waals surface area contributed by atoms with E-state index in [0.717, 1.165) is 0 Å². The molecule has 0 aliphatic carbocycles. The number of hydrogen-bond acceptors (Lipinski definition) is 4. The minimum absolute atomic E-state index is 0.237. The third-order valence-corrected chi connectivity index (χ3v) is 1.20. The van der Waals surface area contributed by atoms with E-state index in [1.807, 2.05) is 0 Å². The molecule has 1 aromatic heterocycles. The van der Waals surface area contributed by atoms with Gasteiger partial charge in [-0.25, -0.2) is 0 Å². The third kappa shape index (κ3) is 1.14. The average Bonchev–Trinajstić information content (AvgIpc) is 2.30. The fraction of sp³-hybridized carbons (Fsp3) is 0.333. The van der Waals surface area contributed by atoms with Crippen molar-refractivity contribution in [3.63, 3.8) is 0 Å². The highest BCUT2D eigenvalue weighted by molar-refractivity contribution is 5.32. The molecule has 5 heteroatoms. The molecule has 11 heavy (non-hydrogen) atoms. The maximum absolute atomic E-state index is 12.6. The first kappa shape index (κ1) is 7.87. The SMILES string of the molecule is COc1oc(CO)c(O)c1F. The van der Waals surface area contributed by atoms with Gasteiger partial charge in [-0.1, -0.05) is 0 Å². The second-order valence-corrected chi connectivity index (χ2v) is 1.84. The summed E-state index contributed by atoms with van der Waals surface area (Å²) in [4.78, 5) is 0. The highest BCUT2D eigenvalue weighted by Gasteiger charge is 2.19. The summed E-state index contributed by atoms with van der Waals surface area (Å²) in [6.07, 6.45) is 0. The maximum Gasteiger partial charge on any atom is 0.326 e. The van der Waals surface area contributed by atoms with E-state index in [2.05, 4.69) is 9.15 Å². The molecule has 0 atom stereocenters. The fourth-order valence-electron chi connectivity index (χ4n) is 0.663. The summed E-state index contributed by atoms with van der Waals surface area (Å²) in [5, 5.41) is 17.3. The topological polar surface area (TPSA) is 62.8 Å². The highest BCUT2D eigenvalue weighted by Crippen LogP contribution is 2.32. The van der Waals surface area contributed by atoms with Gasteiger partial charge in [0.15, 0.2) is 5.76 Å². The minimum atomic E-state index is -0.989. The molecule has 0 radical (unpaired) electrons. The molecule has 2 N–H and O–H groups in total. The van der Waals surface area contributed by atoms with E-state index < -0.39 is 24.1 Å². The Morgan fingerprint density at radius 3 is 2.55 bits per heavy atom. The predicted molar refractivity (Wildman–Crippen MR) is 32.8 cm³/mol. The van der Waals surface area contributed by atoms with E-state index in [4.69, 9.17) is 10.2 Å². The van der Waals surface area contributed by atoms with Crippen LogP contribution < -0.4 is 4.74 Å². The maximum atomic E-state index is 12.6. The van der Waals surface area contributed by atoms with Crippen molar-refractivity contribution in [3.05, 3.63) is 11.6 Å². The number of methoxy groups -OCH3 is 1. The molecule has 0 aliphatic rings. The Bertz CT molecular complexity index is 231. The van der Waals surface area contributed by atoms with Crippen LogP contribution in [-0.4, -0.2) is 17.3 Å². The Kier molecular flexibility index (Phi) is 2.00. The van der Waals surface area contributed by atoms with E-state index in [1.165, 1.54) is 7.11 Å². The van der Waals surface area contributed by atoms with Crippen LogP contribution in [0.15, 0.2) is 4.42 Å². The molecule has 62 valence electrons. The summed E-state index contributed by atoms with van der Waals surface area (Å²) in [7, 11) is 1.20. The number of halogens is 1. The van der Waals surface area contributed by atoms with Gasteiger partial charge in [0.25, 0.3) is 0 Å². The Hall–Kier alpha value is -1.23. The molecule has 0 aromatic carbocycles. The summed E-state index contributed by atoms with van der Waals surface area (Å²) >= 11 is 0. The lowest BCUT2D eigenvalue weighted by atomic mass is 10.4. The monoisotopic (exact) mass is 162 g/mol. The van der Waals surface area contributed by atoms with Gasteiger partial charge < -0.3 is 19.4 Å². The number of aliphatic hydroxyl groups excluding tert-OH is 1. The Labute approximate surface area is 61.8 Å². The molecule has 0 bridgehead atoms. The second-order valence-electron chi connectivity index (χ2n) is 1.84. The van der Waals surface area contributed by atoms with E-state index in [0.29, 0.717) is 0 Å². The Morgan fingerprint density at radius 1 is 1.64 bits per heavy atom. The van der Waals surface area contributed by atoms with E-state index in [9.17, 15) is 4.39 Å². The first-order chi connectivity index (χ1) is 5.20. The summed E-state index contributed by atoms with van der Waals surface area (Å²) in [6, 6.07) is 0. The van der Waals surface area contributed by atoms with Crippen LogP contribution in [0.25, 0.3) is 0 Å². The normalized spacial score (nSPS) is 10.1. The molecular weight excluding hydrogens is 155 g/mol. The molecule has 0 amide bonds. The molecule has 1 aromatic rings. The van der Waals surface area contributed by atoms with Crippen LogP contribution in [0.3, 0.4) is 0 Å². The molecule has 0 fully saturated rings. The van der Waals surface area contributed by atoms with Gasteiger partial charge in [-0.15, -0.1) is 0 Å². The van der Waals surface area contributed by atoms with Gasteiger partial charge in [0.05, 0.1) is 7.11 Å². The van der Waals surface area contributed by atoms with Crippen molar-refractivity contribution >= 4 is 0 Å². The van der Waals surface area contributed by atoms with E-state index >= 15 is 0 Å². The second kappa shape index (κ2) is 2.79. The predicted octanol–water partition coefficient (Wildman–Crippen LogP) is 0.625. The zero-order valence-corrected chi connectivity index (χ0v) is 5.80. The molecule has 0 aliphatic heterocycles.